The van der Waals surface area contributed by atoms with E-state index in [4.69, 9.17) is 0 Å². The Bertz CT molecular complexity index is 656. The van der Waals surface area contributed by atoms with Gasteiger partial charge in [-0.25, -0.2) is 13.1 Å². The minimum Gasteiger partial charge on any atom is -0.383 e. The van der Waals surface area contributed by atoms with Gasteiger partial charge < -0.3 is 9.84 Å². The van der Waals surface area contributed by atoms with Gasteiger partial charge >= 0.3 is 0 Å². The first-order valence-corrected chi connectivity index (χ1v) is 8.19. The van der Waals surface area contributed by atoms with Gasteiger partial charge in [0.05, 0.1) is 5.69 Å². The molecular formula is C13H18N4O3S. The molecule has 7 nitrogen and oxygen atoms in total. The first-order valence-electron chi connectivity index (χ1n) is 6.71. The van der Waals surface area contributed by atoms with Gasteiger partial charge in [0.15, 0.2) is 5.82 Å². The molecule has 2 rings (SSSR count). The van der Waals surface area contributed by atoms with Crippen LogP contribution >= 0.6 is 0 Å². The Morgan fingerprint density at radius 2 is 2.05 bits per heavy atom. The minimum absolute atomic E-state index is 0.242. The highest BCUT2D eigenvalue weighted by atomic mass is 32.2. The van der Waals surface area contributed by atoms with Crippen molar-refractivity contribution in [2.75, 3.05) is 18.4 Å². The van der Waals surface area contributed by atoms with E-state index in [1.165, 1.54) is 6.39 Å². The highest BCUT2D eigenvalue weighted by Crippen LogP contribution is 2.20. The first-order chi connectivity index (χ1) is 10.1. The highest BCUT2D eigenvalue weighted by Gasteiger charge is 2.17. The van der Waals surface area contributed by atoms with Crippen LogP contribution in [-0.2, 0) is 16.4 Å². The maximum Gasteiger partial charge on any atom is 0.242 e. The molecule has 21 heavy (non-hydrogen) atoms. The van der Waals surface area contributed by atoms with E-state index in [1.54, 1.807) is 24.3 Å². The molecule has 1 aromatic carbocycles. The number of rotatable bonds is 8. The third kappa shape index (κ3) is 4.27. The molecule has 0 saturated carbocycles. The fourth-order valence-corrected chi connectivity index (χ4v) is 3.09. The van der Waals surface area contributed by atoms with E-state index >= 15 is 0 Å². The molecule has 2 N–H and O–H groups in total. The molecule has 2 aromatic rings. The predicted molar refractivity (Wildman–Crippen MR) is 78.4 cm³/mol. The van der Waals surface area contributed by atoms with Gasteiger partial charge in [-0.15, -0.1) is 0 Å². The molecule has 1 heterocycles. The van der Waals surface area contributed by atoms with E-state index in [-0.39, 0.29) is 4.90 Å². The molecule has 0 radical (unpaired) electrons. The number of nitrogens with zero attached hydrogens (tertiary/aromatic N) is 2. The maximum absolute atomic E-state index is 12.2. The van der Waals surface area contributed by atoms with E-state index in [9.17, 15) is 8.42 Å². The number of anilines is 1. The molecule has 0 spiro atoms. The van der Waals surface area contributed by atoms with Gasteiger partial charge in [-0.3, -0.25) is 0 Å². The average molecular weight is 310 g/mol. The lowest BCUT2D eigenvalue weighted by Crippen LogP contribution is -2.25. The van der Waals surface area contributed by atoms with Gasteiger partial charge in [0, 0.05) is 19.5 Å². The van der Waals surface area contributed by atoms with Crippen molar-refractivity contribution in [1.82, 2.24) is 14.9 Å². The average Bonchev–Trinajstić information content (AvgIpc) is 2.99. The second-order valence-corrected chi connectivity index (χ2v) is 6.15. The van der Waals surface area contributed by atoms with Crippen molar-refractivity contribution in [3.63, 3.8) is 0 Å². The Hall–Kier alpha value is -1.93. The summed E-state index contributed by atoms with van der Waals surface area (Å²) >= 11 is 0. The standard InChI is InChI=1S/C13H18N4O3S/c1-2-8-16-21(18,19)12-6-4-3-5-11(12)14-9-7-13-15-10-20-17-13/h3-6,10,14,16H,2,7-9H2,1H3. The summed E-state index contributed by atoms with van der Waals surface area (Å²) in [5, 5.41) is 6.80. The zero-order chi connectivity index (χ0) is 15.1. The Morgan fingerprint density at radius 3 is 2.76 bits per heavy atom. The number of nitrogens with one attached hydrogen (secondary N) is 2. The van der Waals surface area contributed by atoms with Gasteiger partial charge in [-0.05, 0) is 18.6 Å². The molecule has 1 aromatic heterocycles. The molecule has 8 heteroatoms. The van der Waals surface area contributed by atoms with Crippen LogP contribution in [0, 0.1) is 0 Å². The number of para-hydroxylation sites is 1. The van der Waals surface area contributed by atoms with Crippen LogP contribution in [0.3, 0.4) is 0 Å². The number of sulfonamides is 1. The lowest BCUT2D eigenvalue weighted by molar-refractivity contribution is 0.410. The molecule has 0 atom stereocenters. The summed E-state index contributed by atoms with van der Waals surface area (Å²) in [5.41, 5.74) is 0.560. The van der Waals surface area contributed by atoms with E-state index in [0.717, 1.165) is 6.42 Å². The van der Waals surface area contributed by atoms with Crippen molar-refractivity contribution in [2.45, 2.75) is 24.7 Å². The summed E-state index contributed by atoms with van der Waals surface area (Å²) in [6.45, 7) is 2.84. The Balaban J connectivity index is 2.06. The van der Waals surface area contributed by atoms with Crippen molar-refractivity contribution < 1.29 is 12.9 Å². The predicted octanol–water partition coefficient (Wildman–Crippen LogP) is 1.41. The Kier molecular flexibility index (Phi) is 5.29. The van der Waals surface area contributed by atoms with Crippen molar-refractivity contribution >= 4 is 15.7 Å². The number of hydrogen-bond donors (Lipinski definition) is 2. The lowest BCUT2D eigenvalue weighted by atomic mass is 10.3. The molecule has 0 fully saturated rings. The van der Waals surface area contributed by atoms with Crippen LogP contribution in [-0.4, -0.2) is 31.6 Å². The fraction of sp³-hybridized carbons (Fsp3) is 0.385. The SMILES string of the molecule is CCCNS(=O)(=O)c1ccccc1NCCc1ncon1. The Morgan fingerprint density at radius 1 is 1.24 bits per heavy atom. The fourth-order valence-electron chi connectivity index (χ4n) is 1.77. The maximum atomic E-state index is 12.2. The second-order valence-electron chi connectivity index (χ2n) is 4.42. The van der Waals surface area contributed by atoms with Crippen LogP contribution in [0.2, 0.25) is 0 Å². The molecule has 0 aliphatic carbocycles. The summed E-state index contributed by atoms with van der Waals surface area (Å²) in [6.07, 6.45) is 2.56. The van der Waals surface area contributed by atoms with Crippen LogP contribution in [0.4, 0.5) is 5.69 Å². The quantitative estimate of drug-likeness (QED) is 0.765. The normalized spacial score (nSPS) is 11.5. The lowest BCUT2D eigenvalue weighted by Gasteiger charge is -2.12. The third-order valence-electron chi connectivity index (χ3n) is 2.79. The Labute approximate surface area is 123 Å². The molecule has 0 unspecified atom stereocenters. The molecule has 114 valence electrons. The number of benzene rings is 1. The van der Waals surface area contributed by atoms with E-state index < -0.39 is 10.0 Å². The molecule has 0 saturated heterocycles. The van der Waals surface area contributed by atoms with Crippen molar-refractivity contribution in [3.8, 4) is 0 Å². The smallest absolute Gasteiger partial charge is 0.242 e. The summed E-state index contributed by atoms with van der Waals surface area (Å²) in [5.74, 6) is 0.576. The monoisotopic (exact) mass is 310 g/mol. The number of hydrogen-bond acceptors (Lipinski definition) is 6. The zero-order valence-electron chi connectivity index (χ0n) is 11.7. The third-order valence-corrected chi connectivity index (χ3v) is 4.31. The van der Waals surface area contributed by atoms with Crippen molar-refractivity contribution in [2.24, 2.45) is 0 Å². The van der Waals surface area contributed by atoms with Gasteiger partial charge in [0.1, 0.15) is 4.90 Å². The van der Waals surface area contributed by atoms with Gasteiger partial charge in [0.25, 0.3) is 0 Å². The molecule has 0 amide bonds. The van der Waals surface area contributed by atoms with Crippen molar-refractivity contribution in [1.29, 1.82) is 0 Å². The van der Waals surface area contributed by atoms with Crippen LogP contribution in [0.5, 0.6) is 0 Å². The number of aromatic nitrogens is 2. The van der Waals surface area contributed by atoms with Crippen LogP contribution < -0.4 is 10.0 Å². The van der Waals surface area contributed by atoms with Gasteiger partial charge in [-0.2, -0.15) is 4.98 Å². The summed E-state index contributed by atoms with van der Waals surface area (Å²) < 4.78 is 31.6. The van der Waals surface area contributed by atoms with Crippen LogP contribution in [0.15, 0.2) is 40.1 Å². The first kappa shape index (κ1) is 15.5. The van der Waals surface area contributed by atoms with E-state index in [2.05, 4.69) is 24.7 Å². The zero-order valence-corrected chi connectivity index (χ0v) is 12.6. The van der Waals surface area contributed by atoms with Crippen LogP contribution in [0.1, 0.15) is 19.2 Å². The highest BCUT2D eigenvalue weighted by molar-refractivity contribution is 7.89. The topological polar surface area (TPSA) is 97.1 Å². The van der Waals surface area contributed by atoms with Crippen molar-refractivity contribution in [3.05, 3.63) is 36.5 Å². The van der Waals surface area contributed by atoms with Crippen LogP contribution in [0.25, 0.3) is 0 Å². The summed E-state index contributed by atoms with van der Waals surface area (Å²) in [4.78, 5) is 4.15. The molecule has 0 aliphatic rings. The minimum atomic E-state index is -3.50. The van der Waals surface area contributed by atoms with E-state index in [0.29, 0.717) is 31.0 Å². The van der Waals surface area contributed by atoms with Gasteiger partial charge in [-0.1, -0.05) is 24.2 Å². The van der Waals surface area contributed by atoms with E-state index in [1.807, 2.05) is 6.92 Å². The summed E-state index contributed by atoms with van der Waals surface area (Å²) in [6, 6.07) is 6.80. The largest absolute Gasteiger partial charge is 0.383 e. The molecule has 0 aliphatic heterocycles. The molecule has 0 bridgehead atoms. The van der Waals surface area contributed by atoms with Gasteiger partial charge in [0.2, 0.25) is 16.4 Å². The molecular weight excluding hydrogens is 292 g/mol. The second kappa shape index (κ2) is 7.19. The summed E-state index contributed by atoms with van der Waals surface area (Å²) in [7, 11) is -3.50.